The molecule has 0 aliphatic heterocycles. The van der Waals surface area contributed by atoms with E-state index in [0.717, 1.165) is 17.7 Å². The van der Waals surface area contributed by atoms with Gasteiger partial charge in [-0.2, -0.15) is 0 Å². The highest BCUT2D eigenvalue weighted by molar-refractivity contribution is 7.80. The van der Waals surface area contributed by atoms with Gasteiger partial charge in [0.1, 0.15) is 0 Å². The third kappa shape index (κ3) is 4.71. The molecule has 0 saturated carbocycles. The Morgan fingerprint density at radius 3 is 2.29 bits per heavy atom. The van der Waals surface area contributed by atoms with Crippen LogP contribution in [0.15, 0.2) is 24.3 Å². The summed E-state index contributed by atoms with van der Waals surface area (Å²) in [6.07, 6.45) is 0. The normalized spacial score (nSPS) is 11.1. The minimum atomic E-state index is -0.787. The Morgan fingerprint density at radius 1 is 1.24 bits per heavy atom. The first-order valence-electron chi connectivity index (χ1n) is 5.77. The van der Waals surface area contributed by atoms with Crippen molar-refractivity contribution in [2.45, 2.75) is 32.9 Å². The fourth-order valence-corrected chi connectivity index (χ4v) is 1.65. The summed E-state index contributed by atoms with van der Waals surface area (Å²) in [5.74, 6) is 0. The number of thiocarbonyl (C=S) groups is 1. The summed E-state index contributed by atoms with van der Waals surface area (Å²) < 4.78 is 0. The number of rotatable bonds is 4. The highest BCUT2D eigenvalue weighted by Gasteiger charge is 2.14. The molecule has 1 rings (SSSR count). The number of hydrogen-bond donors (Lipinski definition) is 3. The molecule has 0 aliphatic carbocycles. The van der Waals surface area contributed by atoms with E-state index in [2.05, 4.69) is 10.6 Å². The molecule has 4 heteroatoms. The van der Waals surface area contributed by atoms with Crippen LogP contribution in [0.4, 0.5) is 0 Å². The quantitative estimate of drug-likeness (QED) is 0.716. The van der Waals surface area contributed by atoms with E-state index in [4.69, 9.17) is 12.2 Å². The third-order valence-electron chi connectivity index (χ3n) is 2.45. The van der Waals surface area contributed by atoms with Crippen LogP contribution in [0.25, 0.3) is 0 Å². The van der Waals surface area contributed by atoms with Gasteiger partial charge in [0.2, 0.25) is 0 Å². The number of hydrogen-bond acceptors (Lipinski definition) is 2. The molecular weight excluding hydrogens is 232 g/mol. The van der Waals surface area contributed by atoms with Crippen LogP contribution in [0.1, 0.15) is 31.9 Å². The summed E-state index contributed by atoms with van der Waals surface area (Å²) in [5, 5.41) is 16.6. The maximum atomic E-state index is 9.82. The van der Waals surface area contributed by atoms with Gasteiger partial charge in [0.15, 0.2) is 5.11 Å². The van der Waals surface area contributed by atoms with E-state index >= 15 is 0 Å². The van der Waals surface area contributed by atoms with Crippen molar-refractivity contribution >= 4 is 17.3 Å². The zero-order valence-corrected chi connectivity index (χ0v) is 11.4. The molecule has 3 nitrogen and oxygen atoms in total. The molecule has 0 fully saturated rings. The van der Waals surface area contributed by atoms with Crippen molar-refractivity contribution in [1.29, 1.82) is 0 Å². The second kappa shape index (κ2) is 5.98. The van der Waals surface area contributed by atoms with Gasteiger partial charge < -0.3 is 15.7 Å². The Bertz CT molecular complexity index is 368. The highest BCUT2D eigenvalue weighted by atomic mass is 32.1. The summed E-state index contributed by atoms with van der Waals surface area (Å²) in [5.41, 5.74) is 1.26. The number of benzene rings is 1. The maximum Gasteiger partial charge on any atom is 0.166 e. The van der Waals surface area contributed by atoms with Crippen molar-refractivity contribution in [3.63, 3.8) is 0 Å². The second-order valence-electron chi connectivity index (χ2n) is 4.47. The van der Waals surface area contributed by atoms with Crippen LogP contribution in [0.3, 0.4) is 0 Å². The molecule has 0 spiro atoms. The van der Waals surface area contributed by atoms with Crippen molar-refractivity contribution < 1.29 is 5.11 Å². The molecule has 0 heterocycles. The second-order valence-corrected chi connectivity index (χ2v) is 4.88. The molecule has 0 aliphatic rings. The first kappa shape index (κ1) is 13.9. The van der Waals surface area contributed by atoms with E-state index in [0.29, 0.717) is 11.7 Å². The molecule has 0 bridgehead atoms. The van der Waals surface area contributed by atoms with E-state index in [9.17, 15) is 5.11 Å². The Morgan fingerprint density at radius 2 is 1.82 bits per heavy atom. The van der Waals surface area contributed by atoms with E-state index in [1.165, 1.54) is 0 Å². The Labute approximate surface area is 108 Å². The fourth-order valence-electron chi connectivity index (χ4n) is 1.44. The maximum absolute atomic E-state index is 9.82. The number of nitrogens with one attached hydrogen (secondary N) is 2. The lowest BCUT2D eigenvalue weighted by Crippen LogP contribution is -2.34. The topological polar surface area (TPSA) is 44.3 Å². The van der Waals surface area contributed by atoms with Crippen LogP contribution in [-0.2, 0) is 12.1 Å². The molecule has 0 saturated heterocycles. The zero-order chi connectivity index (χ0) is 12.9. The van der Waals surface area contributed by atoms with Crippen LogP contribution in [-0.4, -0.2) is 16.8 Å². The lowest BCUT2D eigenvalue weighted by Gasteiger charge is -2.18. The van der Waals surface area contributed by atoms with Gasteiger partial charge in [-0.15, -0.1) is 0 Å². The van der Waals surface area contributed by atoms with E-state index in [1.54, 1.807) is 13.8 Å². The molecule has 1 aromatic rings. The van der Waals surface area contributed by atoms with E-state index in [-0.39, 0.29) is 0 Å². The van der Waals surface area contributed by atoms with Crippen molar-refractivity contribution in [2.75, 3.05) is 6.54 Å². The fraction of sp³-hybridized carbons (Fsp3) is 0.462. The molecule has 1 aromatic carbocycles. The van der Waals surface area contributed by atoms with E-state index in [1.807, 2.05) is 31.2 Å². The van der Waals surface area contributed by atoms with Gasteiger partial charge >= 0.3 is 0 Å². The van der Waals surface area contributed by atoms with Gasteiger partial charge in [0, 0.05) is 13.1 Å². The van der Waals surface area contributed by atoms with E-state index < -0.39 is 5.60 Å². The van der Waals surface area contributed by atoms with Crippen LogP contribution in [0.2, 0.25) is 0 Å². The minimum absolute atomic E-state index is 0.666. The highest BCUT2D eigenvalue weighted by Crippen LogP contribution is 2.19. The van der Waals surface area contributed by atoms with Gasteiger partial charge in [-0.05, 0) is 44.1 Å². The van der Waals surface area contributed by atoms with Crippen LogP contribution < -0.4 is 10.6 Å². The Hall–Kier alpha value is -1.13. The van der Waals surface area contributed by atoms with Crippen molar-refractivity contribution in [1.82, 2.24) is 10.6 Å². The summed E-state index contributed by atoms with van der Waals surface area (Å²) in [6, 6.07) is 7.87. The van der Waals surface area contributed by atoms with Crippen LogP contribution >= 0.6 is 12.2 Å². The van der Waals surface area contributed by atoms with Crippen LogP contribution in [0, 0.1) is 0 Å². The standard InChI is InChI=1S/C13H20N2OS/c1-4-14-12(17)15-9-10-5-7-11(8-6-10)13(2,3)16/h5-8,16H,4,9H2,1-3H3,(H2,14,15,17). The average Bonchev–Trinajstić information content (AvgIpc) is 2.26. The summed E-state index contributed by atoms with van der Waals surface area (Å²) in [7, 11) is 0. The molecule has 17 heavy (non-hydrogen) atoms. The van der Waals surface area contributed by atoms with Crippen LogP contribution in [0.5, 0.6) is 0 Å². The predicted octanol–water partition coefficient (Wildman–Crippen LogP) is 1.90. The lowest BCUT2D eigenvalue weighted by atomic mass is 9.97. The van der Waals surface area contributed by atoms with Gasteiger partial charge in [-0.1, -0.05) is 24.3 Å². The largest absolute Gasteiger partial charge is 0.386 e. The summed E-state index contributed by atoms with van der Waals surface area (Å²) in [4.78, 5) is 0. The molecule has 0 amide bonds. The van der Waals surface area contributed by atoms with Crippen molar-refractivity contribution in [2.24, 2.45) is 0 Å². The first-order chi connectivity index (χ1) is 7.93. The molecule has 94 valence electrons. The number of aliphatic hydroxyl groups is 1. The molecule has 0 unspecified atom stereocenters. The molecule has 3 N–H and O–H groups in total. The van der Waals surface area contributed by atoms with Crippen molar-refractivity contribution in [3.8, 4) is 0 Å². The SMILES string of the molecule is CCNC(=S)NCc1ccc(C(C)(C)O)cc1. The van der Waals surface area contributed by atoms with Gasteiger partial charge in [0.25, 0.3) is 0 Å². The predicted molar refractivity (Wildman–Crippen MR) is 74.8 cm³/mol. The first-order valence-corrected chi connectivity index (χ1v) is 6.18. The Kier molecular flexibility index (Phi) is 4.90. The minimum Gasteiger partial charge on any atom is -0.386 e. The van der Waals surface area contributed by atoms with Gasteiger partial charge in [-0.25, -0.2) is 0 Å². The van der Waals surface area contributed by atoms with Gasteiger partial charge in [-0.3, -0.25) is 0 Å². The zero-order valence-electron chi connectivity index (χ0n) is 10.6. The molecular formula is C13H20N2OS. The summed E-state index contributed by atoms with van der Waals surface area (Å²) in [6.45, 7) is 7.08. The van der Waals surface area contributed by atoms with Crippen molar-refractivity contribution in [3.05, 3.63) is 35.4 Å². The molecule has 0 atom stereocenters. The summed E-state index contributed by atoms with van der Waals surface area (Å²) >= 11 is 5.08. The molecule has 0 radical (unpaired) electrons. The Balaban J connectivity index is 2.54. The van der Waals surface area contributed by atoms with Gasteiger partial charge in [0.05, 0.1) is 5.60 Å². The molecule has 0 aromatic heterocycles. The monoisotopic (exact) mass is 252 g/mol. The lowest BCUT2D eigenvalue weighted by molar-refractivity contribution is 0.0786. The smallest absolute Gasteiger partial charge is 0.166 e. The average molecular weight is 252 g/mol. The third-order valence-corrected chi connectivity index (χ3v) is 2.74.